The molecule has 3 aromatic rings. The molecule has 0 radical (unpaired) electrons. The van der Waals surface area contributed by atoms with Gasteiger partial charge in [0.15, 0.2) is 0 Å². The molecule has 1 atom stereocenters. The maximum Gasteiger partial charge on any atom is 0.315 e. The average Bonchev–Trinajstić information content (AvgIpc) is 3.12. The second-order valence-electron chi connectivity index (χ2n) is 6.14. The lowest BCUT2D eigenvalue weighted by atomic mass is 10.1. The highest BCUT2D eigenvalue weighted by molar-refractivity contribution is 5.85. The molecule has 0 aliphatic rings. The fourth-order valence-electron chi connectivity index (χ4n) is 2.83. The number of urea groups is 1. The summed E-state index contributed by atoms with van der Waals surface area (Å²) >= 11 is 0. The van der Waals surface area contributed by atoms with Gasteiger partial charge in [0.25, 0.3) is 0 Å². The summed E-state index contributed by atoms with van der Waals surface area (Å²) in [6, 6.07) is 15.0. The number of nitrogens with one attached hydrogen (secondary N) is 3. The van der Waals surface area contributed by atoms with E-state index in [0.717, 1.165) is 22.3 Å². The number of carbonyl (C=O) groups is 1. The van der Waals surface area contributed by atoms with E-state index in [1.165, 1.54) is 0 Å². The standard InChI is InChI=1S/C20H24N4O3.ClH/c1-26-12-11-21-20(25)24-18(13-14-7-9-15(27-2)10-8-14)19-22-16-5-3-4-6-17(16)23-19;/h3-10,18H,11-13H2,1-2H3,(H,22,23)(H2,21,24,25);1H. The maximum atomic E-state index is 12.3. The van der Waals surface area contributed by atoms with Crippen molar-refractivity contribution in [2.75, 3.05) is 27.4 Å². The molecule has 3 rings (SSSR count). The van der Waals surface area contributed by atoms with Crippen molar-refractivity contribution in [1.29, 1.82) is 0 Å². The summed E-state index contributed by atoms with van der Waals surface area (Å²) in [6.07, 6.45) is 0.599. The molecule has 1 unspecified atom stereocenters. The zero-order valence-corrected chi connectivity index (χ0v) is 16.7. The molecule has 2 amide bonds. The van der Waals surface area contributed by atoms with E-state index in [4.69, 9.17) is 9.47 Å². The molecule has 28 heavy (non-hydrogen) atoms. The number of amides is 2. The van der Waals surface area contributed by atoms with Crippen molar-refractivity contribution in [2.24, 2.45) is 0 Å². The Hall–Kier alpha value is -2.77. The summed E-state index contributed by atoms with van der Waals surface area (Å²) in [5.74, 6) is 1.51. The smallest absolute Gasteiger partial charge is 0.315 e. The number of carbonyl (C=O) groups excluding carboxylic acids is 1. The van der Waals surface area contributed by atoms with E-state index in [2.05, 4.69) is 20.6 Å². The van der Waals surface area contributed by atoms with Crippen molar-refractivity contribution >= 4 is 29.5 Å². The fraction of sp³-hybridized carbons (Fsp3) is 0.300. The largest absolute Gasteiger partial charge is 0.497 e. The molecule has 0 aliphatic heterocycles. The minimum atomic E-state index is -0.298. The highest BCUT2D eigenvalue weighted by atomic mass is 35.5. The molecule has 0 spiro atoms. The fourth-order valence-corrected chi connectivity index (χ4v) is 2.83. The molecule has 1 heterocycles. The normalized spacial score (nSPS) is 11.5. The van der Waals surface area contributed by atoms with Crippen molar-refractivity contribution in [3.05, 3.63) is 59.9 Å². The van der Waals surface area contributed by atoms with Gasteiger partial charge < -0.3 is 25.1 Å². The summed E-state index contributed by atoms with van der Waals surface area (Å²) < 4.78 is 10.2. The molecule has 1 aromatic heterocycles. The maximum absolute atomic E-state index is 12.3. The predicted molar refractivity (Wildman–Crippen MR) is 111 cm³/mol. The predicted octanol–water partition coefficient (Wildman–Crippen LogP) is 3.22. The van der Waals surface area contributed by atoms with Gasteiger partial charge in [-0.05, 0) is 36.2 Å². The van der Waals surface area contributed by atoms with Crippen LogP contribution in [-0.2, 0) is 11.2 Å². The number of hydrogen-bond donors (Lipinski definition) is 3. The van der Waals surface area contributed by atoms with Crippen LogP contribution < -0.4 is 15.4 Å². The number of nitrogens with zero attached hydrogens (tertiary/aromatic N) is 1. The molecule has 0 fully saturated rings. The van der Waals surface area contributed by atoms with E-state index in [9.17, 15) is 4.79 Å². The van der Waals surface area contributed by atoms with Gasteiger partial charge in [-0.1, -0.05) is 24.3 Å². The average molecular weight is 405 g/mol. The van der Waals surface area contributed by atoms with Crippen molar-refractivity contribution in [2.45, 2.75) is 12.5 Å². The van der Waals surface area contributed by atoms with Gasteiger partial charge >= 0.3 is 6.03 Å². The van der Waals surface area contributed by atoms with Gasteiger partial charge in [0, 0.05) is 13.7 Å². The van der Waals surface area contributed by atoms with Crippen LogP contribution in [0.15, 0.2) is 48.5 Å². The molecule has 8 heteroatoms. The van der Waals surface area contributed by atoms with Crippen LogP contribution in [0.5, 0.6) is 5.75 Å². The first-order valence-electron chi connectivity index (χ1n) is 8.80. The van der Waals surface area contributed by atoms with Crippen LogP contribution in [-0.4, -0.2) is 43.4 Å². The second-order valence-corrected chi connectivity index (χ2v) is 6.14. The highest BCUT2D eigenvalue weighted by Crippen LogP contribution is 2.21. The number of H-pyrrole nitrogens is 1. The minimum absolute atomic E-state index is 0. The number of aromatic amines is 1. The quantitative estimate of drug-likeness (QED) is 0.503. The lowest BCUT2D eigenvalue weighted by molar-refractivity contribution is 0.195. The van der Waals surface area contributed by atoms with Gasteiger partial charge in [0.05, 0.1) is 30.8 Å². The van der Waals surface area contributed by atoms with Crippen LogP contribution in [0, 0.1) is 0 Å². The number of aromatic nitrogens is 2. The number of halogens is 1. The van der Waals surface area contributed by atoms with Gasteiger partial charge in [0.1, 0.15) is 11.6 Å². The van der Waals surface area contributed by atoms with Gasteiger partial charge in [-0.25, -0.2) is 9.78 Å². The van der Waals surface area contributed by atoms with E-state index in [0.29, 0.717) is 25.4 Å². The number of hydrogen-bond acceptors (Lipinski definition) is 4. The van der Waals surface area contributed by atoms with E-state index < -0.39 is 0 Å². The van der Waals surface area contributed by atoms with Gasteiger partial charge in [-0.15, -0.1) is 12.4 Å². The molecule has 0 saturated carbocycles. The number of para-hydroxylation sites is 2. The van der Waals surface area contributed by atoms with Crippen LogP contribution in [0.25, 0.3) is 11.0 Å². The Bertz CT molecular complexity index is 850. The minimum Gasteiger partial charge on any atom is -0.497 e. The summed E-state index contributed by atoms with van der Waals surface area (Å²) in [7, 11) is 3.23. The topological polar surface area (TPSA) is 88.3 Å². The molecule has 2 aromatic carbocycles. The summed E-state index contributed by atoms with van der Waals surface area (Å²) in [5.41, 5.74) is 2.88. The molecular formula is C20H25ClN4O3. The lowest BCUT2D eigenvalue weighted by Crippen LogP contribution is -2.40. The molecule has 0 saturated heterocycles. The number of benzene rings is 2. The first-order valence-corrected chi connectivity index (χ1v) is 8.80. The highest BCUT2D eigenvalue weighted by Gasteiger charge is 2.19. The van der Waals surface area contributed by atoms with Crippen LogP contribution >= 0.6 is 12.4 Å². The number of fused-ring (bicyclic) bond motifs is 1. The Morgan fingerprint density at radius 2 is 1.89 bits per heavy atom. The van der Waals surface area contributed by atoms with Gasteiger partial charge in [0.2, 0.25) is 0 Å². The van der Waals surface area contributed by atoms with Crippen molar-refractivity contribution in [1.82, 2.24) is 20.6 Å². The molecular weight excluding hydrogens is 380 g/mol. The Balaban J connectivity index is 0.00000280. The summed E-state index contributed by atoms with van der Waals surface area (Å²) in [5, 5.41) is 5.78. The molecule has 7 nitrogen and oxygen atoms in total. The van der Waals surface area contributed by atoms with Crippen molar-refractivity contribution in [3.63, 3.8) is 0 Å². The van der Waals surface area contributed by atoms with Crippen LogP contribution in [0.4, 0.5) is 4.79 Å². The molecule has 0 aliphatic carbocycles. The van der Waals surface area contributed by atoms with E-state index in [-0.39, 0.29) is 24.5 Å². The first-order chi connectivity index (χ1) is 13.2. The number of methoxy groups -OCH3 is 2. The Labute approximate surface area is 170 Å². The third-order valence-electron chi connectivity index (χ3n) is 4.23. The van der Waals surface area contributed by atoms with Gasteiger partial charge in [-0.3, -0.25) is 0 Å². The van der Waals surface area contributed by atoms with Crippen LogP contribution in [0.2, 0.25) is 0 Å². The zero-order chi connectivity index (χ0) is 19.1. The van der Waals surface area contributed by atoms with E-state index in [1.54, 1.807) is 14.2 Å². The lowest BCUT2D eigenvalue weighted by Gasteiger charge is -2.17. The zero-order valence-electron chi connectivity index (χ0n) is 15.9. The van der Waals surface area contributed by atoms with Gasteiger partial charge in [-0.2, -0.15) is 0 Å². The van der Waals surface area contributed by atoms with Crippen LogP contribution in [0.1, 0.15) is 17.4 Å². The molecule has 0 bridgehead atoms. The second kappa shape index (κ2) is 10.5. The first kappa shape index (κ1) is 21.5. The van der Waals surface area contributed by atoms with Crippen LogP contribution in [0.3, 0.4) is 0 Å². The van der Waals surface area contributed by atoms with E-state index in [1.807, 2.05) is 48.5 Å². The van der Waals surface area contributed by atoms with E-state index >= 15 is 0 Å². The summed E-state index contributed by atoms with van der Waals surface area (Å²) in [4.78, 5) is 20.2. The Morgan fingerprint density at radius 3 is 2.57 bits per heavy atom. The number of ether oxygens (including phenoxy) is 2. The third-order valence-corrected chi connectivity index (χ3v) is 4.23. The summed E-state index contributed by atoms with van der Waals surface area (Å²) in [6.45, 7) is 0.902. The SMILES string of the molecule is COCCNC(=O)NC(Cc1ccc(OC)cc1)c1nc2ccccc2[nH]1.Cl. The number of imidazole rings is 1. The Morgan fingerprint density at radius 1 is 1.14 bits per heavy atom. The monoisotopic (exact) mass is 404 g/mol. The van der Waals surface area contributed by atoms with Crippen molar-refractivity contribution < 1.29 is 14.3 Å². The molecule has 3 N–H and O–H groups in total. The third kappa shape index (κ3) is 5.61. The van der Waals surface area contributed by atoms with Crippen molar-refractivity contribution in [3.8, 4) is 5.75 Å². The number of rotatable bonds is 8. The Kier molecular flexibility index (Phi) is 8.10. The molecule has 150 valence electrons.